The van der Waals surface area contributed by atoms with Crippen molar-refractivity contribution in [2.75, 3.05) is 12.4 Å². The van der Waals surface area contributed by atoms with Crippen LogP contribution in [0.3, 0.4) is 0 Å². The third-order valence-corrected chi connectivity index (χ3v) is 5.91. The predicted molar refractivity (Wildman–Crippen MR) is 95.8 cm³/mol. The van der Waals surface area contributed by atoms with E-state index in [1.165, 1.54) is 36.7 Å². The molecule has 24 heavy (non-hydrogen) atoms. The van der Waals surface area contributed by atoms with Gasteiger partial charge in [0.25, 0.3) is 5.91 Å². The van der Waals surface area contributed by atoms with Crippen LogP contribution in [0.2, 0.25) is 0 Å². The van der Waals surface area contributed by atoms with E-state index in [0.29, 0.717) is 25.4 Å². The smallest absolute Gasteiger partial charge is 0.259 e. The molecule has 0 aliphatic carbocycles. The first-order valence-corrected chi connectivity index (χ1v) is 9.74. The number of fused-ring (bicyclic) bond motifs is 1. The van der Waals surface area contributed by atoms with Gasteiger partial charge in [-0.1, -0.05) is 11.3 Å². The second-order valence-electron chi connectivity index (χ2n) is 4.70. The Hall–Kier alpha value is -1.88. The molecule has 0 saturated heterocycles. The summed E-state index contributed by atoms with van der Waals surface area (Å²) in [6.45, 7) is 0. The number of sulfonamides is 1. The van der Waals surface area contributed by atoms with Crippen LogP contribution in [-0.4, -0.2) is 31.3 Å². The van der Waals surface area contributed by atoms with Gasteiger partial charge in [-0.05, 0) is 47.2 Å². The van der Waals surface area contributed by atoms with Crippen molar-refractivity contribution in [3.05, 3.63) is 46.7 Å². The van der Waals surface area contributed by atoms with Crippen LogP contribution in [0, 0.1) is 0 Å². The third-order valence-electron chi connectivity index (χ3n) is 3.13. The Morgan fingerprint density at radius 2 is 2.04 bits per heavy atom. The fourth-order valence-electron chi connectivity index (χ4n) is 1.95. The number of carbonyl (C=O) groups excluding carboxylic acids is 1. The number of thiazole rings is 1. The molecule has 2 heterocycles. The highest BCUT2D eigenvalue weighted by Crippen LogP contribution is 2.28. The van der Waals surface area contributed by atoms with Gasteiger partial charge in [-0.25, -0.2) is 18.1 Å². The Morgan fingerprint density at radius 1 is 1.25 bits per heavy atom. The molecule has 2 aromatic heterocycles. The predicted octanol–water partition coefficient (Wildman–Crippen LogP) is 2.61. The summed E-state index contributed by atoms with van der Waals surface area (Å²) in [5.41, 5.74) is 1.000. The quantitative estimate of drug-likeness (QED) is 0.667. The van der Waals surface area contributed by atoms with E-state index in [4.69, 9.17) is 0 Å². The lowest BCUT2D eigenvalue weighted by atomic mass is 10.3. The van der Waals surface area contributed by atoms with Crippen LogP contribution in [0.4, 0.5) is 5.13 Å². The van der Waals surface area contributed by atoms with E-state index in [1.807, 2.05) is 0 Å². The number of nitrogens with one attached hydrogen (secondary N) is 2. The van der Waals surface area contributed by atoms with Gasteiger partial charge >= 0.3 is 0 Å². The topological polar surface area (TPSA) is 101 Å². The highest BCUT2D eigenvalue weighted by molar-refractivity contribution is 9.10. The summed E-state index contributed by atoms with van der Waals surface area (Å²) < 4.78 is 27.3. The standard InChI is InChI=1S/C14H11BrN4O3S2/c1-16-24(21,22)10-2-3-11-12(5-10)23-14(18-11)19-13(20)8-4-9(15)7-17-6-8/h2-7,16H,1H3,(H,18,19,20). The molecule has 1 aromatic carbocycles. The van der Waals surface area contributed by atoms with Crippen LogP contribution >= 0.6 is 27.3 Å². The van der Waals surface area contributed by atoms with E-state index < -0.39 is 10.0 Å². The number of hydrogen-bond donors (Lipinski definition) is 2. The van der Waals surface area contributed by atoms with Gasteiger partial charge in [-0.2, -0.15) is 0 Å². The van der Waals surface area contributed by atoms with Gasteiger partial charge in [-0.15, -0.1) is 0 Å². The Bertz CT molecular complexity index is 1030. The van der Waals surface area contributed by atoms with Crippen LogP contribution in [0.15, 0.2) is 46.0 Å². The average Bonchev–Trinajstić information content (AvgIpc) is 2.96. The number of carbonyl (C=O) groups is 1. The lowest BCUT2D eigenvalue weighted by Gasteiger charge is -2.01. The van der Waals surface area contributed by atoms with Crippen molar-refractivity contribution in [3.8, 4) is 0 Å². The molecule has 0 aliphatic rings. The molecule has 7 nitrogen and oxygen atoms in total. The number of aromatic nitrogens is 2. The highest BCUT2D eigenvalue weighted by atomic mass is 79.9. The van der Waals surface area contributed by atoms with E-state index in [-0.39, 0.29) is 10.8 Å². The van der Waals surface area contributed by atoms with E-state index >= 15 is 0 Å². The SMILES string of the molecule is CNS(=O)(=O)c1ccc2nc(NC(=O)c3cncc(Br)c3)sc2c1. The van der Waals surface area contributed by atoms with E-state index in [0.717, 1.165) is 0 Å². The summed E-state index contributed by atoms with van der Waals surface area (Å²) in [6, 6.07) is 6.24. The Morgan fingerprint density at radius 3 is 2.75 bits per heavy atom. The highest BCUT2D eigenvalue weighted by Gasteiger charge is 2.15. The van der Waals surface area contributed by atoms with Gasteiger partial charge in [0.05, 0.1) is 20.7 Å². The maximum absolute atomic E-state index is 12.2. The molecule has 1 amide bonds. The minimum absolute atomic E-state index is 0.148. The Labute approximate surface area is 150 Å². The average molecular weight is 427 g/mol. The summed E-state index contributed by atoms with van der Waals surface area (Å²) >= 11 is 4.46. The number of hydrogen-bond acceptors (Lipinski definition) is 6. The maximum atomic E-state index is 12.2. The van der Waals surface area contributed by atoms with Crippen molar-refractivity contribution in [1.82, 2.24) is 14.7 Å². The van der Waals surface area contributed by atoms with Crippen LogP contribution in [0.5, 0.6) is 0 Å². The zero-order valence-corrected chi connectivity index (χ0v) is 15.5. The van der Waals surface area contributed by atoms with Gasteiger partial charge in [0, 0.05) is 16.9 Å². The van der Waals surface area contributed by atoms with Gasteiger partial charge in [-0.3, -0.25) is 15.1 Å². The van der Waals surface area contributed by atoms with Gasteiger partial charge in [0.2, 0.25) is 10.0 Å². The van der Waals surface area contributed by atoms with E-state index in [1.54, 1.807) is 18.3 Å². The Kier molecular flexibility index (Phi) is 4.63. The van der Waals surface area contributed by atoms with E-state index in [2.05, 4.69) is 35.9 Å². The molecule has 0 unspecified atom stereocenters. The summed E-state index contributed by atoms with van der Waals surface area (Å²) in [5.74, 6) is -0.342. The van der Waals surface area contributed by atoms with Gasteiger partial charge < -0.3 is 0 Å². The third kappa shape index (κ3) is 3.46. The number of pyridine rings is 1. The molecule has 2 N–H and O–H groups in total. The molecule has 0 bridgehead atoms. The van der Waals surface area contributed by atoms with Crippen LogP contribution < -0.4 is 10.0 Å². The van der Waals surface area contributed by atoms with Gasteiger partial charge in [0.15, 0.2) is 5.13 Å². The van der Waals surface area contributed by atoms with Crippen LogP contribution in [0.25, 0.3) is 10.2 Å². The van der Waals surface area contributed by atoms with Gasteiger partial charge in [0.1, 0.15) is 0 Å². The number of rotatable bonds is 4. The fraction of sp³-hybridized carbons (Fsp3) is 0.0714. The van der Waals surface area contributed by atoms with Crippen molar-refractivity contribution in [1.29, 1.82) is 0 Å². The first-order valence-electron chi connectivity index (χ1n) is 6.65. The summed E-state index contributed by atoms with van der Waals surface area (Å²) in [7, 11) is -2.17. The number of amides is 1. The van der Waals surface area contributed by atoms with Crippen molar-refractivity contribution >= 4 is 58.5 Å². The second-order valence-corrected chi connectivity index (χ2v) is 8.53. The van der Waals surface area contributed by atoms with Crippen molar-refractivity contribution in [2.24, 2.45) is 0 Å². The summed E-state index contributed by atoms with van der Waals surface area (Å²) in [5, 5.41) is 3.07. The molecule has 0 aliphatic heterocycles. The second kappa shape index (κ2) is 6.55. The molecular weight excluding hydrogens is 416 g/mol. The molecule has 10 heteroatoms. The number of nitrogens with zero attached hydrogens (tertiary/aromatic N) is 2. The molecule has 124 valence electrons. The minimum Gasteiger partial charge on any atom is -0.298 e. The summed E-state index contributed by atoms with van der Waals surface area (Å²) in [6.07, 6.45) is 3.03. The fourth-order valence-corrected chi connectivity index (χ4v) is 4.04. The van der Waals surface area contributed by atoms with E-state index in [9.17, 15) is 13.2 Å². The minimum atomic E-state index is -3.52. The molecule has 0 radical (unpaired) electrons. The number of benzene rings is 1. The number of halogens is 1. The van der Waals surface area contributed by atoms with Crippen molar-refractivity contribution < 1.29 is 13.2 Å². The largest absolute Gasteiger partial charge is 0.298 e. The summed E-state index contributed by atoms with van der Waals surface area (Å²) in [4.78, 5) is 20.6. The van der Waals surface area contributed by atoms with Crippen LogP contribution in [-0.2, 0) is 10.0 Å². The molecule has 0 atom stereocenters. The van der Waals surface area contributed by atoms with Crippen molar-refractivity contribution in [2.45, 2.75) is 4.90 Å². The Balaban J connectivity index is 1.90. The number of anilines is 1. The molecule has 3 aromatic rings. The van der Waals surface area contributed by atoms with Crippen molar-refractivity contribution in [3.63, 3.8) is 0 Å². The lowest BCUT2D eigenvalue weighted by molar-refractivity contribution is 0.102. The molecule has 0 saturated carbocycles. The first-order chi connectivity index (χ1) is 11.4. The molecular formula is C14H11BrN4O3S2. The molecule has 3 rings (SSSR count). The van der Waals surface area contributed by atoms with Crippen LogP contribution in [0.1, 0.15) is 10.4 Å². The molecule has 0 fully saturated rings. The monoisotopic (exact) mass is 426 g/mol. The normalized spacial score (nSPS) is 11.6. The first kappa shape index (κ1) is 17.0. The zero-order chi connectivity index (χ0) is 17.3. The lowest BCUT2D eigenvalue weighted by Crippen LogP contribution is -2.18. The zero-order valence-electron chi connectivity index (χ0n) is 12.3. The maximum Gasteiger partial charge on any atom is 0.259 e. The molecule has 0 spiro atoms.